The van der Waals surface area contributed by atoms with Crippen LogP contribution in [-0.2, 0) is 16.6 Å². The molecule has 1 heterocycles. The summed E-state index contributed by atoms with van der Waals surface area (Å²) >= 11 is 1.22. The zero-order chi connectivity index (χ0) is 14.8. The second-order valence-corrected chi connectivity index (χ2v) is 6.98. The van der Waals surface area contributed by atoms with E-state index in [-0.39, 0.29) is 11.5 Å². The van der Waals surface area contributed by atoms with Crippen LogP contribution >= 0.6 is 11.3 Å². The lowest BCUT2D eigenvalue weighted by molar-refractivity contribution is 0.282. The Balaban J connectivity index is 2.38. The van der Waals surface area contributed by atoms with Crippen LogP contribution in [0.3, 0.4) is 0 Å². The third kappa shape index (κ3) is 2.65. The highest BCUT2D eigenvalue weighted by Crippen LogP contribution is 2.28. The molecule has 0 aliphatic rings. The van der Waals surface area contributed by atoms with Gasteiger partial charge in [-0.25, -0.2) is 8.42 Å². The van der Waals surface area contributed by atoms with E-state index in [4.69, 9.17) is 4.74 Å². The van der Waals surface area contributed by atoms with Crippen molar-refractivity contribution in [2.24, 2.45) is 0 Å². The van der Waals surface area contributed by atoms with Gasteiger partial charge in [0.05, 0.1) is 24.3 Å². The Bertz CT molecular complexity index is 677. The fourth-order valence-corrected chi connectivity index (χ4v) is 4.21. The molecule has 2 rings (SSSR count). The molecule has 7 heteroatoms. The molecule has 20 heavy (non-hydrogen) atoms. The lowest BCUT2D eigenvalue weighted by Crippen LogP contribution is -2.26. The Kier molecular flexibility index (Phi) is 4.32. The molecule has 1 aromatic carbocycles. The molecule has 0 saturated carbocycles. The fraction of sp³-hybridized carbons (Fsp3) is 0.231. The third-order valence-corrected chi connectivity index (χ3v) is 5.83. The van der Waals surface area contributed by atoms with Gasteiger partial charge in [0.2, 0.25) is 0 Å². The first-order valence-corrected chi connectivity index (χ1v) is 8.13. The third-order valence-electron chi connectivity index (χ3n) is 2.92. The van der Waals surface area contributed by atoms with Gasteiger partial charge in [-0.3, -0.25) is 4.31 Å². The molecule has 108 valence electrons. The van der Waals surface area contributed by atoms with Crippen molar-refractivity contribution in [1.82, 2.24) is 0 Å². The highest BCUT2D eigenvalue weighted by atomic mass is 32.2. The molecule has 0 unspecified atom stereocenters. The van der Waals surface area contributed by atoms with Crippen LogP contribution in [0.15, 0.2) is 40.6 Å². The van der Waals surface area contributed by atoms with Crippen LogP contribution in [0.4, 0.5) is 5.69 Å². The van der Waals surface area contributed by atoms with Gasteiger partial charge in [0.1, 0.15) is 10.6 Å². The van der Waals surface area contributed by atoms with Crippen molar-refractivity contribution in [1.29, 1.82) is 0 Å². The number of anilines is 1. The van der Waals surface area contributed by atoms with E-state index in [1.165, 1.54) is 28.8 Å². The standard InChI is InChI=1S/C13H15NO4S2/c1-14(10-3-5-11(18-2)6-4-10)20(16,17)13-7-8-19-12(13)9-15/h3-8,15H,9H2,1-2H3. The first kappa shape index (κ1) is 14.8. The second-order valence-electron chi connectivity index (χ2n) is 4.04. The molecule has 0 aliphatic heterocycles. The van der Waals surface area contributed by atoms with E-state index in [0.717, 1.165) is 0 Å². The van der Waals surface area contributed by atoms with Gasteiger partial charge >= 0.3 is 0 Å². The Hall–Kier alpha value is -1.57. The van der Waals surface area contributed by atoms with Gasteiger partial charge in [-0.1, -0.05) is 0 Å². The van der Waals surface area contributed by atoms with Crippen molar-refractivity contribution in [3.05, 3.63) is 40.6 Å². The molecule has 0 saturated heterocycles. The predicted molar refractivity (Wildman–Crippen MR) is 78.8 cm³/mol. The highest BCUT2D eigenvalue weighted by Gasteiger charge is 2.25. The highest BCUT2D eigenvalue weighted by molar-refractivity contribution is 7.93. The minimum Gasteiger partial charge on any atom is -0.497 e. The molecule has 5 nitrogen and oxygen atoms in total. The SMILES string of the molecule is COc1ccc(N(C)S(=O)(=O)c2ccsc2CO)cc1. The van der Waals surface area contributed by atoms with Gasteiger partial charge in [-0.05, 0) is 35.7 Å². The quantitative estimate of drug-likeness (QED) is 0.917. The second kappa shape index (κ2) is 5.82. The number of ether oxygens (including phenoxy) is 1. The van der Waals surface area contributed by atoms with Crippen molar-refractivity contribution in [2.45, 2.75) is 11.5 Å². The summed E-state index contributed by atoms with van der Waals surface area (Å²) in [4.78, 5) is 0.577. The topological polar surface area (TPSA) is 66.8 Å². The minimum absolute atomic E-state index is 0.142. The van der Waals surface area contributed by atoms with Crippen LogP contribution in [0.25, 0.3) is 0 Å². The number of methoxy groups -OCH3 is 1. The summed E-state index contributed by atoms with van der Waals surface area (Å²) in [6.07, 6.45) is 0. The average molecular weight is 313 g/mol. The molecule has 0 fully saturated rings. The van der Waals surface area contributed by atoms with E-state index in [1.54, 1.807) is 36.8 Å². The fourth-order valence-electron chi connectivity index (χ4n) is 1.75. The van der Waals surface area contributed by atoms with Crippen molar-refractivity contribution < 1.29 is 18.3 Å². The largest absolute Gasteiger partial charge is 0.497 e. The number of thiophene rings is 1. The first-order valence-electron chi connectivity index (χ1n) is 5.81. The average Bonchev–Trinajstić information content (AvgIpc) is 2.95. The van der Waals surface area contributed by atoms with Crippen LogP contribution < -0.4 is 9.04 Å². The molecule has 0 amide bonds. The zero-order valence-corrected chi connectivity index (χ0v) is 12.7. The normalized spacial score (nSPS) is 11.3. The van der Waals surface area contributed by atoms with E-state index in [2.05, 4.69) is 0 Å². The molecule has 0 aliphatic carbocycles. The summed E-state index contributed by atoms with van der Waals surface area (Å²) in [6, 6.07) is 8.23. The maximum atomic E-state index is 12.5. The molecular weight excluding hydrogens is 298 g/mol. The van der Waals surface area contributed by atoms with Gasteiger partial charge in [0.15, 0.2) is 0 Å². The van der Waals surface area contributed by atoms with Crippen LogP contribution in [0.1, 0.15) is 4.88 Å². The Labute approximate surface area is 122 Å². The lowest BCUT2D eigenvalue weighted by atomic mass is 10.3. The van der Waals surface area contributed by atoms with E-state index in [1.807, 2.05) is 0 Å². The Morgan fingerprint density at radius 2 is 1.90 bits per heavy atom. The molecule has 0 radical (unpaired) electrons. The summed E-state index contributed by atoms with van der Waals surface area (Å²) in [5.74, 6) is 0.658. The number of rotatable bonds is 5. The number of nitrogens with zero attached hydrogens (tertiary/aromatic N) is 1. The monoisotopic (exact) mass is 313 g/mol. The maximum absolute atomic E-state index is 12.5. The van der Waals surface area contributed by atoms with Crippen molar-refractivity contribution in [2.75, 3.05) is 18.5 Å². The number of hydrogen-bond acceptors (Lipinski definition) is 5. The van der Waals surface area contributed by atoms with Gasteiger partial charge in [-0.15, -0.1) is 11.3 Å². The molecule has 0 atom stereocenters. The van der Waals surface area contributed by atoms with Crippen LogP contribution in [0.5, 0.6) is 5.75 Å². The molecular formula is C13H15NO4S2. The number of aliphatic hydroxyl groups excluding tert-OH is 1. The van der Waals surface area contributed by atoms with E-state index >= 15 is 0 Å². The molecule has 0 spiro atoms. The molecule has 1 N–H and O–H groups in total. The van der Waals surface area contributed by atoms with Crippen LogP contribution in [0.2, 0.25) is 0 Å². The summed E-state index contributed by atoms with van der Waals surface area (Å²) in [5.41, 5.74) is 0.529. The molecule has 2 aromatic rings. The molecule has 1 aromatic heterocycles. The maximum Gasteiger partial charge on any atom is 0.265 e. The summed E-state index contributed by atoms with van der Waals surface area (Å²) in [7, 11) is -0.636. The van der Waals surface area contributed by atoms with Crippen molar-refractivity contribution >= 4 is 27.0 Å². The Morgan fingerprint density at radius 3 is 2.45 bits per heavy atom. The number of sulfonamides is 1. The summed E-state index contributed by atoms with van der Waals surface area (Å²) < 4.78 is 31.3. The minimum atomic E-state index is -3.67. The van der Waals surface area contributed by atoms with E-state index < -0.39 is 10.0 Å². The lowest BCUT2D eigenvalue weighted by Gasteiger charge is -2.19. The smallest absolute Gasteiger partial charge is 0.265 e. The Morgan fingerprint density at radius 1 is 1.25 bits per heavy atom. The number of benzene rings is 1. The number of aliphatic hydroxyl groups is 1. The van der Waals surface area contributed by atoms with Crippen LogP contribution in [-0.4, -0.2) is 27.7 Å². The van der Waals surface area contributed by atoms with Gasteiger partial charge in [-0.2, -0.15) is 0 Å². The van der Waals surface area contributed by atoms with E-state index in [0.29, 0.717) is 16.3 Å². The zero-order valence-electron chi connectivity index (χ0n) is 11.1. The van der Waals surface area contributed by atoms with Gasteiger partial charge in [0.25, 0.3) is 10.0 Å². The predicted octanol–water partition coefficient (Wildman–Crippen LogP) is 2.07. The van der Waals surface area contributed by atoms with Gasteiger partial charge < -0.3 is 9.84 Å². The van der Waals surface area contributed by atoms with E-state index in [9.17, 15) is 13.5 Å². The van der Waals surface area contributed by atoms with Crippen molar-refractivity contribution in [3.8, 4) is 5.75 Å². The summed E-state index contributed by atoms with van der Waals surface area (Å²) in [6.45, 7) is -0.289. The van der Waals surface area contributed by atoms with Gasteiger partial charge in [0, 0.05) is 7.05 Å². The summed E-state index contributed by atoms with van der Waals surface area (Å²) in [5, 5.41) is 10.9. The number of hydrogen-bond donors (Lipinski definition) is 1. The van der Waals surface area contributed by atoms with Crippen LogP contribution in [0, 0.1) is 0 Å². The van der Waals surface area contributed by atoms with Crippen molar-refractivity contribution in [3.63, 3.8) is 0 Å². The molecule has 0 bridgehead atoms. The first-order chi connectivity index (χ1) is 9.50.